The van der Waals surface area contributed by atoms with E-state index in [1.807, 2.05) is 42.5 Å². The van der Waals surface area contributed by atoms with E-state index in [0.29, 0.717) is 5.39 Å². The second-order valence-corrected chi connectivity index (χ2v) is 10.8. The summed E-state index contributed by atoms with van der Waals surface area (Å²) < 4.78 is 67.1. The first-order chi connectivity index (χ1) is 18.2. The molecule has 0 radical (unpaired) electrons. The molecule has 0 N–H and O–H groups in total. The lowest BCUT2D eigenvalue weighted by Gasteiger charge is -2.15. The zero-order valence-corrected chi connectivity index (χ0v) is 20.4. The van der Waals surface area contributed by atoms with Gasteiger partial charge in [-0.1, -0.05) is 91.0 Å². The Kier molecular flexibility index (Phi) is 4.69. The molecule has 0 heterocycles. The molecule has 0 unspecified atom stereocenters. The van der Waals surface area contributed by atoms with Gasteiger partial charge in [0, 0.05) is 0 Å². The number of halogens is 3. The summed E-state index contributed by atoms with van der Waals surface area (Å²) in [6, 6.07) is 32.6. The smallest absolute Gasteiger partial charge is 0.376 e. The van der Waals surface area contributed by atoms with Crippen LogP contribution in [0.2, 0.25) is 0 Å². The van der Waals surface area contributed by atoms with Gasteiger partial charge in [0.05, 0.1) is 0 Å². The first-order valence-electron chi connectivity index (χ1n) is 11.8. The van der Waals surface area contributed by atoms with Crippen LogP contribution in [0.15, 0.2) is 103 Å². The average molecular weight is 527 g/mol. The minimum absolute atomic E-state index is 0.394. The first kappa shape index (κ1) is 22.8. The van der Waals surface area contributed by atoms with Crippen LogP contribution in [0.1, 0.15) is 0 Å². The van der Waals surface area contributed by atoms with Crippen molar-refractivity contribution in [3.8, 4) is 5.75 Å². The van der Waals surface area contributed by atoms with Crippen molar-refractivity contribution in [3.05, 3.63) is 103 Å². The highest BCUT2D eigenvalue weighted by Gasteiger charge is 2.48. The lowest BCUT2D eigenvalue weighted by Crippen LogP contribution is -2.28. The third-order valence-corrected chi connectivity index (χ3v) is 8.11. The summed E-state index contributed by atoms with van der Waals surface area (Å²) in [5, 5.41) is 11.4. The molecule has 0 aliphatic carbocycles. The molecule has 7 heteroatoms. The topological polar surface area (TPSA) is 43.4 Å². The number of rotatable bonds is 2. The zero-order valence-electron chi connectivity index (χ0n) is 19.6. The van der Waals surface area contributed by atoms with E-state index in [2.05, 4.69) is 46.6 Å². The fourth-order valence-corrected chi connectivity index (χ4v) is 5.93. The van der Waals surface area contributed by atoms with Crippen molar-refractivity contribution in [1.29, 1.82) is 0 Å². The van der Waals surface area contributed by atoms with Gasteiger partial charge in [0.2, 0.25) is 0 Å². The predicted molar refractivity (Wildman–Crippen MR) is 147 cm³/mol. The maximum atomic E-state index is 13.0. The molecule has 0 aliphatic rings. The molecule has 38 heavy (non-hydrogen) atoms. The molecule has 0 fully saturated rings. The van der Waals surface area contributed by atoms with Gasteiger partial charge in [0.15, 0.2) is 0 Å². The van der Waals surface area contributed by atoms with Crippen LogP contribution in [0.3, 0.4) is 0 Å². The Balaban J connectivity index is 1.68. The Morgan fingerprint density at radius 1 is 0.500 bits per heavy atom. The number of hydrogen-bond donors (Lipinski definition) is 0. The van der Waals surface area contributed by atoms with Crippen LogP contribution in [0.4, 0.5) is 13.2 Å². The maximum Gasteiger partial charge on any atom is 0.534 e. The van der Waals surface area contributed by atoms with Crippen LogP contribution in [0.25, 0.3) is 64.6 Å². The molecule has 0 aliphatic heterocycles. The van der Waals surface area contributed by atoms with Crippen molar-refractivity contribution in [3.63, 3.8) is 0 Å². The van der Waals surface area contributed by atoms with Crippen molar-refractivity contribution < 1.29 is 25.8 Å². The average Bonchev–Trinajstić information content (AvgIpc) is 2.91. The van der Waals surface area contributed by atoms with Gasteiger partial charge in [-0.3, -0.25) is 0 Å². The Labute approximate surface area is 214 Å². The number of hydrogen-bond acceptors (Lipinski definition) is 3. The van der Waals surface area contributed by atoms with Crippen molar-refractivity contribution in [2.75, 3.05) is 0 Å². The molecule has 7 rings (SSSR count). The summed E-state index contributed by atoms with van der Waals surface area (Å²) in [7, 11) is -5.80. The molecule has 186 valence electrons. The van der Waals surface area contributed by atoms with E-state index >= 15 is 0 Å². The van der Waals surface area contributed by atoms with E-state index in [0.717, 1.165) is 59.2 Å². The molecule has 0 amide bonds. The van der Waals surface area contributed by atoms with Gasteiger partial charge in [-0.2, -0.15) is 21.6 Å². The minimum atomic E-state index is -5.80. The van der Waals surface area contributed by atoms with Gasteiger partial charge >= 0.3 is 15.6 Å². The van der Waals surface area contributed by atoms with Crippen LogP contribution in [-0.4, -0.2) is 13.9 Å². The molecule has 7 aromatic carbocycles. The normalized spacial score (nSPS) is 12.8. The van der Waals surface area contributed by atoms with Crippen LogP contribution >= 0.6 is 0 Å². The highest BCUT2D eigenvalue weighted by molar-refractivity contribution is 7.88. The van der Waals surface area contributed by atoms with Gasteiger partial charge in [0.25, 0.3) is 0 Å². The van der Waals surface area contributed by atoms with Crippen LogP contribution in [0, 0.1) is 0 Å². The summed E-state index contributed by atoms with van der Waals surface area (Å²) in [6.45, 7) is 0. The molecule has 0 spiro atoms. The third kappa shape index (κ3) is 3.32. The number of alkyl halides is 3. The molecule has 0 bridgehead atoms. The maximum absolute atomic E-state index is 13.0. The molecular weight excluding hydrogens is 509 g/mol. The summed E-state index contributed by atoms with van der Waals surface area (Å²) in [5.41, 5.74) is -5.52. The van der Waals surface area contributed by atoms with Crippen molar-refractivity contribution in [2.45, 2.75) is 5.51 Å². The second-order valence-electron chi connectivity index (χ2n) is 9.31. The standard InChI is InChI=1S/C31H17F3O3S/c32-31(33,34)38(35,36)37-24-16-15-19-6-8-21-10-12-23-14-13-22-11-9-20-7-5-18-3-1-2-4-25(18)27(20)29(22)30(23)28(21)26(19)17-24/h1-17H. The van der Waals surface area contributed by atoms with Crippen molar-refractivity contribution in [1.82, 2.24) is 0 Å². The molecule has 3 nitrogen and oxygen atoms in total. The van der Waals surface area contributed by atoms with Gasteiger partial charge in [-0.05, 0) is 76.8 Å². The zero-order chi connectivity index (χ0) is 26.2. The van der Waals surface area contributed by atoms with E-state index in [4.69, 9.17) is 0 Å². The van der Waals surface area contributed by atoms with Gasteiger partial charge in [-0.25, -0.2) is 0 Å². The lowest BCUT2D eigenvalue weighted by atomic mass is 9.89. The van der Waals surface area contributed by atoms with E-state index < -0.39 is 21.4 Å². The van der Waals surface area contributed by atoms with E-state index in [1.54, 1.807) is 6.07 Å². The van der Waals surface area contributed by atoms with E-state index in [9.17, 15) is 21.6 Å². The number of fused-ring (bicyclic) bond motifs is 11. The highest BCUT2D eigenvalue weighted by Crippen LogP contribution is 2.42. The molecular formula is C31H17F3O3S. The van der Waals surface area contributed by atoms with E-state index in [-0.39, 0.29) is 0 Å². The Morgan fingerprint density at radius 3 is 1.47 bits per heavy atom. The molecule has 7 aromatic rings. The van der Waals surface area contributed by atoms with Gasteiger partial charge in [-0.15, -0.1) is 0 Å². The Bertz CT molecular complexity index is 2200. The highest BCUT2D eigenvalue weighted by atomic mass is 32.2. The monoisotopic (exact) mass is 526 g/mol. The third-order valence-electron chi connectivity index (χ3n) is 7.13. The lowest BCUT2D eigenvalue weighted by molar-refractivity contribution is -0.0500. The van der Waals surface area contributed by atoms with E-state index in [1.165, 1.54) is 12.1 Å². The van der Waals surface area contributed by atoms with Crippen molar-refractivity contribution in [2.24, 2.45) is 0 Å². The predicted octanol–water partition coefficient (Wildman–Crippen LogP) is 8.83. The van der Waals surface area contributed by atoms with Crippen molar-refractivity contribution >= 4 is 74.8 Å². The number of benzene rings is 7. The molecule has 0 aromatic heterocycles. The summed E-state index contributed by atoms with van der Waals surface area (Å²) in [5.74, 6) is -0.394. The quantitative estimate of drug-likeness (QED) is 0.128. The van der Waals surface area contributed by atoms with Crippen LogP contribution in [0.5, 0.6) is 5.75 Å². The van der Waals surface area contributed by atoms with Gasteiger partial charge in [0.1, 0.15) is 5.75 Å². The second kappa shape index (κ2) is 7.82. The fourth-order valence-electron chi connectivity index (χ4n) is 5.48. The summed E-state index contributed by atoms with van der Waals surface area (Å²) in [6.07, 6.45) is 0. The molecule has 0 atom stereocenters. The summed E-state index contributed by atoms with van der Waals surface area (Å²) >= 11 is 0. The largest absolute Gasteiger partial charge is 0.534 e. The van der Waals surface area contributed by atoms with Crippen LogP contribution in [-0.2, 0) is 10.1 Å². The van der Waals surface area contributed by atoms with Gasteiger partial charge < -0.3 is 4.18 Å². The SMILES string of the molecule is O=S(=O)(Oc1ccc2ccc3ccc4ccc5ccc6ccc7ccccc7c6c5c4c3c2c1)C(F)(F)F. The minimum Gasteiger partial charge on any atom is -0.376 e. The molecule has 0 saturated carbocycles. The fraction of sp³-hybridized carbons (Fsp3) is 0.0323. The van der Waals surface area contributed by atoms with Crippen LogP contribution < -0.4 is 4.18 Å². The molecule has 0 saturated heterocycles. The Morgan fingerprint density at radius 2 is 0.921 bits per heavy atom. The Hall–Kier alpha value is -4.36. The first-order valence-corrected chi connectivity index (χ1v) is 13.3. The summed E-state index contributed by atoms with van der Waals surface area (Å²) in [4.78, 5) is 0.